The zero-order valence-electron chi connectivity index (χ0n) is 11.5. The second-order valence-electron chi connectivity index (χ2n) is 4.85. The number of nitrogens with one attached hydrogen (secondary N) is 1. The zero-order valence-corrected chi connectivity index (χ0v) is 11.5. The van der Waals surface area contributed by atoms with Crippen molar-refractivity contribution in [3.8, 4) is 22.6 Å². The summed E-state index contributed by atoms with van der Waals surface area (Å²) in [6.07, 6.45) is -4.90. The highest BCUT2D eigenvalue weighted by Crippen LogP contribution is 2.35. The number of phenolic OH excluding ortho intramolecular Hbond substituents is 1. The van der Waals surface area contributed by atoms with Gasteiger partial charge in [0.2, 0.25) is 5.56 Å². The van der Waals surface area contributed by atoms with Gasteiger partial charge in [0, 0.05) is 11.6 Å². The summed E-state index contributed by atoms with van der Waals surface area (Å²) in [6.45, 7) is 0. The van der Waals surface area contributed by atoms with Crippen molar-refractivity contribution in [2.45, 2.75) is 6.36 Å². The van der Waals surface area contributed by atoms with Gasteiger partial charge in [0.1, 0.15) is 0 Å². The second kappa shape index (κ2) is 5.35. The summed E-state index contributed by atoms with van der Waals surface area (Å²) < 4.78 is 40.8. The van der Waals surface area contributed by atoms with Crippen LogP contribution < -0.4 is 10.3 Å². The van der Waals surface area contributed by atoms with Crippen LogP contribution in [0, 0.1) is 0 Å². The summed E-state index contributed by atoms with van der Waals surface area (Å²) in [5, 5.41) is 10.3. The van der Waals surface area contributed by atoms with Crippen LogP contribution in [0.1, 0.15) is 0 Å². The Morgan fingerprint density at radius 3 is 2.35 bits per heavy atom. The van der Waals surface area contributed by atoms with Crippen LogP contribution in [0.2, 0.25) is 0 Å². The second-order valence-corrected chi connectivity index (χ2v) is 4.85. The number of benzene rings is 2. The number of rotatable bonds is 2. The highest BCUT2D eigenvalue weighted by atomic mass is 19.4. The van der Waals surface area contributed by atoms with E-state index >= 15 is 0 Å². The molecule has 2 aromatic carbocycles. The zero-order chi connectivity index (χ0) is 16.6. The molecule has 0 bridgehead atoms. The van der Waals surface area contributed by atoms with Crippen LogP contribution in [-0.4, -0.2) is 16.5 Å². The molecule has 1 aromatic heterocycles. The van der Waals surface area contributed by atoms with Crippen LogP contribution in [-0.2, 0) is 0 Å². The third-order valence-electron chi connectivity index (χ3n) is 3.24. The summed E-state index contributed by atoms with van der Waals surface area (Å²) in [5.74, 6) is -1.29. The number of hydrogen-bond donors (Lipinski definition) is 2. The van der Waals surface area contributed by atoms with E-state index in [1.807, 2.05) is 0 Å². The number of alkyl halides is 3. The predicted octanol–water partition coefficient (Wildman–Crippen LogP) is 3.80. The van der Waals surface area contributed by atoms with Gasteiger partial charge in [0.15, 0.2) is 11.5 Å². The Morgan fingerprint density at radius 2 is 1.61 bits per heavy atom. The van der Waals surface area contributed by atoms with Gasteiger partial charge in [-0.2, -0.15) is 0 Å². The Labute approximate surface area is 127 Å². The number of halogens is 3. The molecule has 0 aliphatic rings. The highest BCUT2D eigenvalue weighted by Gasteiger charge is 2.32. The molecule has 0 aliphatic heterocycles. The average molecular weight is 321 g/mol. The molecule has 118 valence electrons. The van der Waals surface area contributed by atoms with Gasteiger partial charge in [0.25, 0.3) is 0 Å². The molecular weight excluding hydrogens is 311 g/mol. The Kier molecular flexibility index (Phi) is 3.48. The molecule has 7 heteroatoms. The minimum Gasteiger partial charge on any atom is -0.504 e. The largest absolute Gasteiger partial charge is 0.573 e. The minimum atomic E-state index is -4.90. The van der Waals surface area contributed by atoms with Crippen molar-refractivity contribution < 1.29 is 23.0 Å². The van der Waals surface area contributed by atoms with Crippen molar-refractivity contribution in [1.29, 1.82) is 0 Å². The van der Waals surface area contributed by atoms with Crippen LogP contribution >= 0.6 is 0 Å². The van der Waals surface area contributed by atoms with E-state index in [1.165, 1.54) is 12.1 Å². The first-order valence-electron chi connectivity index (χ1n) is 6.54. The number of pyridine rings is 1. The van der Waals surface area contributed by atoms with E-state index in [0.717, 1.165) is 17.5 Å². The predicted molar refractivity (Wildman–Crippen MR) is 78.4 cm³/mol. The monoisotopic (exact) mass is 321 g/mol. The molecule has 4 nitrogen and oxygen atoms in total. The van der Waals surface area contributed by atoms with Crippen molar-refractivity contribution in [3.63, 3.8) is 0 Å². The van der Waals surface area contributed by atoms with Crippen LogP contribution in [0.3, 0.4) is 0 Å². The minimum absolute atomic E-state index is 0.276. The third-order valence-corrected chi connectivity index (χ3v) is 3.24. The summed E-state index contributed by atoms with van der Waals surface area (Å²) in [4.78, 5) is 14.0. The van der Waals surface area contributed by atoms with Gasteiger partial charge in [0.05, 0.1) is 0 Å². The molecule has 1 heterocycles. The quantitative estimate of drug-likeness (QED) is 0.755. The lowest BCUT2D eigenvalue weighted by molar-refractivity contribution is -0.275. The fourth-order valence-corrected chi connectivity index (χ4v) is 2.23. The number of aromatic hydroxyl groups is 1. The summed E-state index contributed by atoms with van der Waals surface area (Å²) in [5.41, 5.74) is 1.27. The molecule has 3 rings (SSSR count). The van der Waals surface area contributed by atoms with Crippen LogP contribution in [0.5, 0.6) is 11.5 Å². The number of hydrogen-bond acceptors (Lipinski definition) is 3. The first-order chi connectivity index (χ1) is 10.8. The van der Waals surface area contributed by atoms with Crippen molar-refractivity contribution in [2.24, 2.45) is 0 Å². The maximum absolute atomic E-state index is 12.3. The lowest BCUT2D eigenvalue weighted by Crippen LogP contribution is -2.17. The fourth-order valence-electron chi connectivity index (χ4n) is 2.23. The Morgan fingerprint density at radius 1 is 0.957 bits per heavy atom. The normalized spacial score (nSPS) is 11.6. The van der Waals surface area contributed by atoms with E-state index in [2.05, 4.69) is 9.72 Å². The number of H-pyrrole nitrogens is 1. The molecule has 0 aliphatic carbocycles. The van der Waals surface area contributed by atoms with E-state index in [-0.39, 0.29) is 5.56 Å². The highest BCUT2D eigenvalue weighted by molar-refractivity contribution is 5.84. The van der Waals surface area contributed by atoms with Crippen molar-refractivity contribution in [2.75, 3.05) is 0 Å². The molecule has 0 unspecified atom stereocenters. The summed E-state index contributed by atoms with van der Waals surface area (Å²) >= 11 is 0. The van der Waals surface area contributed by atoms with Gasteiger partial charge >= 0.3 is 6.36 Å². The SMILES string of the molecule is O=c1ccc2ccc(-c3ccc(O)c(OC(F)(F)F)c3)cc2[nH]1. The topological polar surface area (TPSA) is 62.3 Å². The Hall–Kier alpha value is -2.96. The maximum atomic E-state index is 12.3. The molecule has 2 N–H and O–H groups in total. The smallest absolute Gasteiger partial charge is 0.504 e. The third kappa shape index (κ3) is 3.28. The fraction of sp³-hybridized carbons (Fsp3) is 0.0625. The van der Waals surface area contributed by atoms with E-state index < -0.39 is 17.9 Å². The number of aromatic amines is 1. The van der Waals surface area contributed by atoms with E-state index in [1.54, 1.807) is 24.3 Å². The van der Waals surface area contributed by atoms with Gasteiger partial charge in [-0.25, -0.2) is 0 Å². The van der Waals surface area contributed by atoms with Gasteiger partial charge in [-0.15, -0.1) is 13.2 Å². The first kappa shape index (κ1) is 15.0. The van der Waals surface area contributed by atoms with Crippen molar-refractivity contribution in [3.05, 3.63) is 58.9 Å². The van der Waals surface area contributed by atoms with Crippen molar-refractivity contribution in [1.82, 2.24) is 4.98 Å². The average Bonchev–Trinajstić information content (AvgIpc) is 2.47. The van der Waals surface area contributed by atoms with E-state index in [9.17, 15) is 23.1 Å². The lowest BCUT2D eigenvalue weighted by atomic mass is 10.0. The standard InChI is InChI=1S/C16H10F3NO3/c17-16(18,19)23-14-8-11(3-5-13(14)21)10-2-1-9-4-6-15(22)20-12(9)7-10/h1-8,21H,(H,20,22). The van der Waals surface area contributed by atoms with E-state index in [0.29, 0.717) is 16.6 Å². The van der Waals surface area contributed by atoms with Gasteiger partial charge in [-0.05, 0) is 40.8 Å². The number of ether oxygens (including phenoxy) is 1. The molecule has 0 atom stereocenters. The molecule has 0 fully saturated rings. The molecule has 0 spiro atoms. The van der Waals surface area contributed by atoms with Crippen LogP contribution in [0.25, 0.3) is 22.0 Å². The van der Waals surface area contributed by atoms with Gasteiger partial charge < -0.3 is 14.8 Å². The molecule has 0 saturated heterocycles. The maximum Gasteiger partial charge on any atom is 0.573 e. The molecule has 3 aromatic rings. The first-order valence-corrected chi connectivity index (χ1v) is 6.54. The molecule has 0 saturated carbocycles. The Balaban J connectivity index is 2.07. The lowest BCUT2D eigenvalue weighted by Gasteiger charge is -2.12. The molecule has 0 amide bonds. The molecule has 23 heavy (non-hydrogen) atoms. The molecule has 0 radical (unpaired) electrons. The summed E-state index contributed by atoms with van der Waals surface area (Å²) in [7, 11) is 0. The van der Waals surface area contributed by atoms with Crippen molar-refractivity contribution >= 4 is 10.9 Å². The van der Waals surface area contributed by atoms with Gasteiger partial charge in [-0.3, -0.25) is 4.79 Å². The number of aromatic nitrogens is 1. The van der Waals surface area contributed by atoms with Crippen LogP contribution in [0.15, 0.2) is 53.3 Å². The number of phenols is 1. The molecular formula is C16H10F3NO3. The van der Waals surface area contributed by atoms with E-state index in [4.69, 9.17) is 0 Å². The van der Waals surface area contributed by atoms with Gasteiger partial charge in [-0.1, -0.05) is 18.2 Å². The Bertz CT molecular complexity index is 932. The summed E-state index contributed by atoms with van der Waals surface area (Å²) in [6, 6.07) is 11.8. The number of fused-ring (bicyclic) bond motifs is 1. The van der Waals surface area contributed by atoms with Crippen LogP contribution in [0.4, 0.5) is 13.2 Å².